The molecule has 0 atom stereocenters. The smallest absolute Gasteiger partial charge is 0.317 e. The fourth-order valence-corrected chi connectivity index (χ4v) is 3.57. The fraction of sp³-hybridized carbons (Fsp3) is 0.500. The Morgan fingerprint density at radius 2 is 1.71 bits per heavy atom. The lowest BCUT2D eigenvalue weighted by Gasteiger charge is -2.29. The van der Waals surface area contributed by atoms with Gasteiger partial charge in [0.25, 0.3) is 0 Å². The number of aryl methyl sites for hydroxylation is 3. The predicted molar refractivity (Wildman–Crippen MR) is 108 cm³/mol. The predicted octanol–water partition coefficient (Wildman–Crippen LogP) is 3.54. The molecule has 0 aliphatic heterocycles. The van der Waals surface area contributed by atoms with Gasteiger partial charge >= 0.3 is 6.01 Å². The summed E-state index contributed by atoms with van der Waals surface area (Å²) in [6, 6.07) is 10.5. The van der Waals surface area contributed by atoms with Crippen LogP contribution in [0.15, 0.2) is 30.3 Å². The normalized spacial score (nSPS) is 19.1. The van der Waals surface area contributed by atoms with Crippen molar-refractivity contribution in [3.05, 3.63) is 47.3 Å². The third-order valence-electron chi connectivity index (χ3n) is 5.07. The largest absolute Gasteiger partial charge is 0.497 e. The van der Waals surface area contributed by atoms with Crippen LogP contribution in [0.4, 0.5) is 0 Å². The Morgan fingerprint density at radius 1 is 1.07 bits per heavy atom. The minimum absolute atomic E-state index is 0.109. The summed E-state index contributed by atoms with van der Waals surface area (Å²) in [5, 5.41) is 3.16. The minimum Gasteiger partial charge on any atom is -0.497 e. The zero-order valence-electron chi connectivity index (χ0n) is 16.9. The third-order valence-corrected chi connectivity index (χ3v) is 5.07. The second-order valence-electron chi connectivity index (χ2n) is 7.44. The molecule has 0 radical (unpaired) electrons. The van der Waals surface area contributed by atoms with Crippen molar-refractivity contribution < 1.29 is 14.3 Å². The summed E-state index contributed by atoms with van der Waals surface area (Å²) in [5.41, 5.74) is 2.97. The summed E-state index contributed by atoms with van der Waals surface area (Å²) in [7, 11) is 1.65. The van der Waals surface area contributed by atoms with Gasteiger partial charge in [0.2, 0.25) is 5.91 Å². The number of aromatic nitrogens is 2. The van der Waals surface area contributed by atoms with E-state index in [2.05, 4.69) is 15.3 Å². The molecule has 6 heteroatoms. The molecule has 1 fully saturated rings. The molecule has 6 nitrogen and oxygen atoms in total. The van der Waals surface area contributed by atoms with Gasteiger partial charge in [-0.25, -0.2) is 9.97 Å². The zero-order chi connectivity index (χ0) is 19.9. The first-order valence-electron chi connectivity index (χ1n) is 9.93. The molecule has 2 aromatic rings. The van der Waals surface area contributed by atoms with Crippen LogP contribution in [0.2, 0.25) is 0 Å². The van der Waals surface area contributed by atoms with E-state index in [1.165, 1.54) is 0 Å². The van der Waals surface area contributed by atoms with Crippen LogP contribution in [0.5, 0.6) is 11.8 Å². The van der Waals surface area contributed by atoms with Crippen LogP contribution < -0.4 is 14.8 Å². The van der Waals surface area contributed by atoms with Crippen LogP contribution in [-0.2, 0) is 11.2 Å². The molecule has 1 heterocycles. The number of benzene rings is 1. The van der Waals surface area contributed by atoms with Gasteiger partial charge < -0.3 is 14.8 Å². The number of nitrogens with one attached hydrogen (secondary N) is 1. The number of amides is 1. The van der Waals surface area contributed by atoms with Gasteiger partial charge in [0.05, 0.1) is 7.11 Å². The van der Waals surface area contributed by atoms with Gasteiger partial charge in [0.15, 0.2) is 0 Å². The van der Waals surface area contributed by atoms with Gasteiger partial charge in [-0.2, -0.15) is 0 Å². The van der Waals surface area contributed by atoms with Crippen molar-refractivity contribution in [1.82, 2.24) is 15.3 Å². The van der Waals surface area contributed by atoms with Gasteiger partial charge in [-0.15, -0.1) is 0 Å². The van der Waals surface area contributed by atoms with E-state index in [1.54, 1.807) is 7.11 Å². The molecule has 1 amide bonds. The molecule has 150 valence electrons. The van der Waals surface area contributed by atoms with E-state index in [0.29, 0.717) is 12.4 Å². The molecule has 0 spiro atoms. The lowest BCUT2D eigenvalue weighted by Crippen LogP contribution is -2.39. The quantitative estimate of drug-likeness (QED) is 0.792. The summed E-state index contributed by atoms with van der Waals surface area (Å²) in [5.74, 6) is 0.941. The molecule has 1 aromatic heterocycles. The van der Waals surface area contributed by atoms with E-state index < -0.39 is 0 Å². The van der Waals surface area contributed by atoms with Crippen molar-refractivity contribution in [2.24, 2.45) is 0 Å². The van der Waals surface area contributed by atoms with E-state index in [9.17, 15) is 4.79 Å². The van der Waals surface area contributed by atoms with Crippen LogP contribution >= 0.6 is 0 Å². The first-order valence-corrected chi connectivity index (χ1v) is 9.93. The molecule has 0 unspecified atom stereocenters. The average Bonchev–Trinajstić information content (AvgIpc) is 2.67. The summed E-state index contributed by atoms with van der Waals surface area (Å²) in [6.07, 6.45) is 5.00. The second kappa shape index (κ2) is 9.53. The number of carbonyl (C=O) groups excluding carboxylic acids is 1. The molecular formula is C22H29N3O3. The van der Waals surface area contributed by atoms with E-state index in [4.69, 9.17) is 9.47 Å². The highest BCUT2D eigenvalue weighted by Gasteiger charge is 2.24. The maximum absolute atomic E-state index is 12.3. The molecule has 0 bridgehead atoms. The summed E-state index contributed by atoms with van der Waals surface area (Å²) < 4.78 is 11.1. The monoisotopic (exact) mass is 383 g/mol. The van der Waals surface area contributed by atoms with Gasteiger partial charge in [-0.3, -0.25) is 4.79 Å². The molecule has 0 saturated heterocycles. The maximum atomic E-state index is 12.3. The number of rotatable bonds is 7. The highest BCUT2D eigenvalue weighted by atomic mass is 16.5. The number of hydrogen-bond acceptors (Lipinski definition) is 5. The topological polar surface area (TPSA) is 73.3 Å². The number of hydrogen-bond donors (Lipinski definition) is 1. The van der Waals surface area contributed by atoms with Crippen molar-refractivity contribution in [2.45, 2.75) is 64.5 Å². The molecule has 1 aromatic carbocycles. The molecule has 1 aliphatic rings. The molecular weight excluding hydrogens is 354 g/mol. The van der Waals surface area contributed by atoms with E-state index in [0.717, 1.165) is 54.8 Å². The Morgan fingerprint density at radius 3 is 2.32 bits per heavy atom. The molecule has 1 aliphatic carbocycles. The number of methoxy groups -OCH3 is 1. The van der Waals surface area contributed by atoms with Gasteiger partial charge in [-0.1, -0.05) is 12.1 Å². The first-order chi connectivity index (χ1) is 13.5. The molecule has 3 rings (SSSR count). The van der Waals surface area contributed by atoms with E-state index in [1.807, 2.05) is 44.2 Å². The van der Waals surface area contributed by atoms with Crippen molar-refractivity contribution >= 4 is 5.91 Å². The number of nitrogens with zero attached hydrogens (tertiary/aromatic N) is 2. The molecule has 1 saturated carbocycles. The number of carbonyl (C=O) groups is 1. The zero-order valence-corrected chi connectivity index (χ0v) is 16.9. The van der Waals surface area contributed by atoms with Crippen LogP contribution in [0.25, 0.3) is 0 Å². The third kappa shape index (κ3) is 5.94. The Labute approximate surface area is 166 Å². The van der Waals surface area contributed by atoms with Gasteiger partial charge in [-0.05, 0) is 69.7 Å². The summed E-state index contributed by atoms with van der Waals surface area (Å²) >= 11 is 0. The van der Waals surface area contributed by atoms with E-state index in [-0.39, 0.29) is 18.1 Å². The Balaban J connectivity index is 1.39. The SMILES string of the molecule is COc1ccc(CCC(=O)NC2CCC(Oc3nc(C)cc(C)n3)CC2)cc1. The van der Waals surface area contributed by atoms with Crippen molar-refractivity contribution in [3.63, 3.8) is 0 Å². The average molecular weight is 383 g/mol. The lowest BCUT2D eigenvalue weighted by molar-refractivity contribution is -0.122. The Bertz CT molecular complexity index is 764. The Hall–Kier alpha value is -2.63. The van der Waals surface area contributed by atoms with Crippen molar-refractivity contribution in [3.8, 4) is 11.8 Å². The van der Waals surface area contributed by atoms with Crippen LogP contribution in [-0.4, -0.2) is 35.1 Å². The number of ether oxygens (including phenoxy) is 2. The maximum Gasteiger partial charge on any atom is 0.317 e. The lowest BCUT2D eigenvalue weighted by atomic mass is 9.93. The standard InChI is InChI=1S/C22H29N3O3/c1-15-14-16(2)24-22(23-15)28-20-11-7-18(8-12-20)25-21(26)13-6-17-4-9-19(27-3)10-5-17/h4-5,9-10,14,18,20H,6-8,11-13H2,1-3H3,(H,25,26). The van der Waals surface area contributed by atoms with Crippen molar-refractivity contribution in [1.29, 1.82) is 0 Å². The van der Waals surface area contributed by atoms with Crippen LogP contribution in [0.3, 0.4) is 0 Å². The summed E-state index contributed by atoms with van der Waals surface area (Å²) in [6.45, 7) is 3.89. The fourth-order valence-electron chi connectivity index (χ4n) is 3.57. The first kappa shape index (κ1) is 20.1. The van der Waals surface area contributed by atoms with E-state index >= 15 is 0 Å². The van der Waals surface area contributed by atoms with Crippen LogP contribution in [0.1, 0.15) is 49.1 Å². The second-order valence-corrected chi connectivity index (χ2v) is 7.44. The molecule has 28 heavy (non-hydrogen) atoms. The van der Waals surface area contributed by atoms with Gasteiger partial charge in [0.1, 0.15) is 11.9 Å². The van der Waals surface area contributed by atoms with Crippen molar-refractivity contribution in [2.75, 3.05) is 7.11 Å². The Kier molecular flexibility index (Phi) is 6.85. The minimum atomic E-state index is 0.109. The van der Waals surface area contributed by atoms with Crippen LogP contribution in [0, 0.1) is 13.8 Å². The highest BCUT2D eigenvalue weighted by Crippen LogP contribution is 2.23. The molecule has 1 N–H and O–H groups in total. The van der Waals surface area contributed by atoms with Gasteiger partial charge in [0, 0.05) is 23.9 Å². The summed E-state index contributed by atoms with van der Waals surface area (Å²) in [4.78, 5) is 21.0. The highest BCUT2D eigenvalue weighted by molar-refractivity contribution is 5.76.